The van der Waals surface area contributed by atoms with E-state index in [1.165, 1.54) is 12.1 Å². The van der Waals surface area contributed by atoms with Crippen molar-refractivity contribution < 1.29 is 28.7 Å². The molecule has 3 rings (SSSR count). The summed E-state index contributed by atoms with van der Waals surface area (Å²) in [4.78, 5) is 42.3. The zero-order valence-electron chi connectivity index (χ0n) is 17.9. The second-order valence-electron chi connectivity index (χ2n) is 7.05. The summed E-state index contributed by atoms with van der Waals surface area (Å²) in [5.41, 5.74) is 4.11. The van der Waals surface area contributed by atoms with Gasteiger partial charge in [-0.15, -0.1) is 0 Å². The minimum atomic E-state index is -0.983. The number of ether oxygens (including phenoxy) is 2. The van der Waals surface area contributed by atoms with Gasteiger partial charge in [0.25, 0.3) is 0 Å². The number of carbonyl (C=O) groups excluding carboxylic acids is 3. The summed E-state index contributed by atoms with van der Waals surface area (Å²) in [5.74, 6) is -0.943. The predicted molar refractivity (Wildman–Crippen MR) is 121 cm³/mol. The minimum absolute atomic E-state index is 0.0591. The SMILES string of the molecule is CCOC(=O)c1ccc(NC(=O)[C@H](CC2C=C(Cl)NO2)NC(=O)OCc2ccccc2)cc1. The van der Waals surface area contributed by atoms with Crippen molar-refractivity contribution in [2.75, 3.05) is 11.9 Å². The molecular formula is C23H24ClN3O6. The molecule has 0 bridgehead atoms. The van der Waals surface area contributed by atoms with Gasteiger partial charge in [0.15, 0.2) is 0 Å². The molecule has 0 fully saturated rings. The summed E-state index contributed by atoms with van der Waals surface area (Å²) in [6.45, 7) is 2.04. The molecule has 174 valence electrons. The molecule has 1 heterocycles. The monoisotopic (exact) mass is 473 g/mol. The van der Waals surface area contributed by atoms with Crippen LogP contribution in [0.15, 0.2) is 65.8 Å². The number of hydrogen-bond donors (Lipinski definition) is 3. The maximum Gasteiger partial charge on any atom is 0.408 e. The topological polar surface area (TPSA) is 115 Å². The van der Waals surface area contributed by atoms with E-state index in [2.05, 4.69) is 16.1 Å². The molecule has 0 saturated heterocycles. The van der Waals surface area contributed by atoms with Gasteiger partial charge in [0.2, 0.25) is 5.91 Å². The van der Waals surface area contributed by atoms with Crippen LogP contribution in [0.5, 0.6) is 0 Å². The lowest BCUT2D eigenvalue weighted by Gasteiger charge is -2.20. The number of hydrogen-bond acceptors (Lipinski definition) is 7. The normalized spacial score (nSPS) is 15.6. The quantitative estimate of drug-likeness (QED) is 0.377. The van der Waals surface area contributed by atoms with E-state index in [-0.39, 0.29) is 19.6 Å². The average molecular weight is 474 g/mol. The summed E-state index contributed by atoms with van der Waals surface area (Å²) >= 11 is 5.86. The predicted octanol–water partition coefficient (Wildman–Crippen LogP) is 3.47. The Balaban J connectivity index is 1.63. The zero-order valence-corrected chi connectivity index (χ0v) is 18.6. The van der Waals surface area contributed by atoms with Crippen LogP contribution >= 0.6 is 11.6 Å². The average Bonchev–Trinajstić information content (AvgIpc) is 3.23. The number of carbonyl (C=O) groups is 3. The maximum absolute atomic E-state index is 12.9. The van der Waals surface area contributed by atoms with E-state index in [0.29, 0.717) is 16.4 Å². The molecular weight excluding hydrogens is 450 g/mol. The van der Waals surface area contributed by atoms with Crippen molar-refractivity contribution in [3.63, 3.8) is 0 Å². The number of anilines is 1. The second kappa shape index (κ2) is 11.9. The first-order chi connectivity index (χ1) is 15.9. The number of esters is 1. The molecule has 1 unspecified atom stereocenters. The standard InChI is InChI=1S/C23H24ClN3O6/c1-2-31-22(29)16-8-10-17(11-9-16)25-21(28)19(12-18-13-20(24)27-33-18)26-23(30)32-14-15-6-4-3-5-7-15/h3-11,13,18-19,27H,2,12,14H2,1H3,(H,25,28)(H,26,30)/t18?,19-/m0/s1. The van der Waals surface area contributed by atoms with Gasteiger partial charge in [0.1, 0.15) is 23.9 Å². The van der Waals surface area contributed by atoms with E-state index in [4.69, 9.17) is 25.9 Å². The van der Waals surface area contributed by atoms with Gasteiger partial charge in [0.05, 0.1) is 12.2 Å². The van der Waals surface area contributed by atoms with Crippen LogP contribution in [0.1, 0.15) is 29.3 Å². The summed E-state index contributed by atoms with van der Waals surface area (Å²) in [6.07, 6.45) is 0.412. The van der Waals surface area contributed by atoms with E-state index in [1.54, 1.807) is 25.1 Å². The Morgan fingerprint density at radius 3 is 2.45 bits per heavy atom. The lowest BCUT2D eigenvalue weighted by atomic mass is 10.1. The van der Waals surface area contributed by atoms with Crippen LogP contribution in [0.2, 0.25) is 0 Å². The Morgan fingerprint density at radius 1 is 1.09 bits per heavy atom. The molecule has 9 nitrogen and oxygen atoms in total. The molecule has 33 heavy (non-hydrogen) atoms. The van der Waals surface area contributed by atoms with Crippen molar-refractivity contribution in [2.45, 2.75) is 32.1 Å². The van der Waals surface area contributed by atoms with Crippen LogP contribution in [0.25, 0.3) is 0 Å². The maximum atomic E-state index is 12.9. The molecule has 0 aliphatic carbocycles. The highest BCUT2D eigenvalue weighted by molar-refractivity contribution is 6.29. The van der Waals surface area contributed by atoms with Gasteiger partial charge < -0.3 is 20.1 Å². The van der Waals surface area contributed by atoms with Crippen LogP contribution < -0.4 is 16.1 Å². The Hall–Kier alpha value is -3.56. The Kier molecular flexibility index (Phi) is 8.68. The fraction of sp³-hybridized carbons (Fsp3) is 0.261. The van der Waals surface area contributed by atoms with E-state index in [0.717, 1.165) is 5.56 Å². The van der Waals surface area contributed by atoms with Crippen molar-refractivity contribution in [3.8, 4) is 0 Å². The number of alkyl carbamates (subject to hydrolysis) is 1. The van der Waals surface area contributed by atoms with Gasteiger partial charge in [0, 0.05) is 12.1 Å². The van der Waals surface area contributed by atoms with E-state index in [1.807, 2.05) is 30.3 Å². The number of rotatable bonds is 9. The Morgan fingerprint density at radius 2 is 1.82 bits per heavy atom. The Bertz CT molecular complexity index is 997. The van der Waals surface area contributed by atoms with Crippen LogP contribution in [-0.4, -0.2) is 36.7 Å². The minimum Gasteiger partial charge on any atom is -0.462 e. The first-order valence-electron chi connectivity index (χ1n) is 10.3. The molecule has 10 heteroatoms. The number of nitrogens with one attached hydrogen (secondary N) is 3. The van der Waals surface area contributed by atoms with E-state index < -0.39 is 30.1 Å². The van der Waals surface area contributed by atoms with Gasteiger partial charge in [-0.1, -0.05) is 41.9 Å². The molecule has 2 amide bonds. The molecule has 1 aliphatic rings. The first-order valence-corrected chi connectivity index (χ1v) is 10.7. The third kappa shape index (κ3) is 7.51. The van der Waals surface area contributed by atoms with Crippen molar-refractivity contribution >= 4 is 35.3 Å². The van der Waals surface area contributed by atoms with Gasteiger partial charge in [-0.2, -0.15) is 0 Å². The number of hydroxylamine groups is 1. The molecule has 0 radical (unpaired) electrons. The fourth-order valence-electron chi connectivity index (χ4n) is 2.98. The summed E-state index contributed by atoms with van der Waals surface area (Å²) in [7, 11) is 0. The summed E-state index contributed by atoms with van der Waals surface area (Å²) in [6, 6.07) is 14.4. The summed E-state index contributed by atoms with van der Waals surface area (Å²) in [5, 5.41) is 5.57. The van der Waals surface area contributed by atoms with Crippen molar-refractivity contribution in [1.82, 2.24) is 10.8 Å². The fourth-order valence-corrected chi connectivity index (χ4v) is 3.17. The third-order valence-electron chi connectivity index (χ3n) is 4.59. The molecule has 0 spiro atoms. The molecule has 2 aromatic rings. The highest BCUT2D eigenvalue weighted by Gasteiger charge is 2.28. The number of amides is 2. The van der Waals surface area contributed by atoms with Crippen LogP contribution in [0.4, 0.5) is 10.5 Å². The van der Waals surface area contributed by atoms with Gasteiger partial charge in [-0.05, 0) is 42.8 Å². The summed E-state index contributed by atoms with van der Waals surface area (Å²) < 4.78 is 10.2. The van der Waals surface area contributed by atoms with Gasteiger partial charge in [-0.25, -0.2) is 9.59 Å². The van der Waals surface area contributed by atoms with Crippen molar-refractivity contribution in [3.05, 3.63) is 77.0 Å². The molecule has 0 saturated carbocycles. The number of halogens is 1. The molecule has 1 aliphatic heterocycles. The van der Waals surface area contributed by atoms with Gasteiger partial charge in [-0.3, -0.25) is 15.1 Å². The van der Waals surface area contributed by atoms with Crippen LogP contribution in [-0.2, 0) is 25.7 Å². The lowest BCUT2D eigenvalue weighted by Crippen LogP contribution is -2.46. The molecule has 3 N–H and O–H groups in total. The molecule has 0 aromatic heterocycles. The van der Waals surface area contributed by atoms with Crippen molar-refractivity contribution in [2.24, 2.45) is 0 Å². The first kappa shape index (κ1) is 24.1. The second-order valence-corrected chi connectivity index (χ2v) is 7.46. The molecule has 2 atom stereocenters. The van der Waals surface area contributed by atoms with Crippen molar-refractivity contribution in [1.29, 1.82) is 0 Å². The lowest BCUT2D eigenvalue weighted by molar-refractivity contribution is -0.119. The zero-order chi connectivity index (χ0) is 23.6. The Labute approximate surface area is 196 Å². The third-order valence-corrected chi connectivity index (χ3v) is 4.80. The highest BCUT2D eigenvalue weighted by atomic mass is 35.5. The number of benzene rings is 2. The molecule has 2 aromatic carbocycles. The van der Waals surface area contributed by atoms with E-state index >= 15 is 0 Å². The van der Waals surface area contributed by atoms with Gasteiger partial charge >= 0.3 is 12.1 Å². The van der Waals surface area contributed by atoms with E-state index in [9.17, 15) is 14.4 Å². The largest absolute Gasteiger partial charge is 0.462 e. The highest BCUT2D eigenvalue weighted by Crippen LogP contribution is 2.17. The van der Waals surface area contributed by atoms with Crippen LogP contribution in [0.3, 0.4) is 0 Å². The smallest absolute Gasteiger partial charge is 0.408 e. The van der Waals surface area contributed by atoms with Crippen LogP contribution in [0, 0.1) is 0 Å².